The number of hydrogen-bond acceptors (Lipinski definition) is 2. The summed E-state index contributed by atoms with van der Waals surface area (Å²) in [6, 6.07) is 64.1. The topological polar surface area (TPSA) is 24.1 Å². The average Bonchev–Trinajstić information content (AvgIpc) is 3.62. The first kappa shape index (κ1) is 31.8. The van der Waals surface area contributed by atoms with Gasteiger partial charge < -0.3 is 9.47 Å². The van der Waals surface area contributed by atoms with E-state index < -0.39 is 0 Å². The van der Waals surface area contributed by atoms with Crippen molar-refractivity contribution >= 4 is 50.3 Å². The second-order valence-corrected chi connectivity index (χ2v) is 14.9. The molecule has 0 saturated heterocycles. The van der Waals surface area contributed by atoms with Crippen LogP contribution in [0, 0.1) is 0 Å². The summed E-state index contributed by atoms with van der Waals surface area (Å²) in [4.78, 5) is 7.72. The molecule has 266 valence electrons. The van der Waals surface area contributed by atoms with Crippen molar-refractivity contribution in [3.05, 3.63) is 206 Å². The van der Waals surface area contributed by atoms with E-state index in [9.17, 15) is 0 Å². The molecule has 0 spiro atoms. The lowest BCUT2D eigenvalue weighted by Crippen LogP contribution is -2.44. The van der Waals surface area contributed by atoms with E-state index in [0.29, 0.717) is 0 Å². The van der Waals surface area contributed by atoms with Crippen molar-refractivity contribution in [3.8, 4) is 50.3 Å². The summed E-state index contributed by atoms with van der Waals surface area (Å²) in [5.74, 6) is 0. The van der Waals surface area contributed by atoms with Gasteiger partial charge in [-0.3, -0.25) is 4.98 Å². The van der Waals surface area contributed by atoms with Gasteiger partial charge in [-0.05, 0) is 76.3 Å². The molecule has 3 aliphatic rings. The van der Waals surface area contributed by atoms with Gasteiger partial charge in [0.2, 0.25) is 17.1 Å². The maximum Gasteiger partial charge on any atom is 0.236 e. The highest BCUT2D eigenvalue weighted by molar-refractivity contribution is 6.14. The number of aromatic nitrogens is 2. The normalized spacial score (nSPS) is 14.9. The summed E-state index contributed by atoms with van der Waals surface area (Å²) >= 11 is 0. The first-order chi connectivity index (χ1) is 28.3. The monoisotopic (exact) mass is 727 g/mol. The average molecular weight is 728 g/mol. The molecule has 9 aromatic rings. The molecule has 0 radical (unpaired) electrons. The molecule has 4 nitrogen and oxygen atoms in total. The number of allylic oxidation sites excluding steroid dienone is 2. The van der Waals surface area contributed by atoms with Crippen LogP contribution in [-0.2, 0) is 0 Å². The van der Waals surface area contributed by atoms with Gasteiger partial charge in [0.25, 0.3) is 0 Å². The largest absolute Gasteiger partial charge is 0.319 e. The Labute approximate surface area is 330 Å². The number of fused-ring (bicyclic) bond motifs is 13. The van der Waals surface area contributed by atoms with Gasteiger partial charge in [-0.1, -0.05) is 127 Å². The maximum absolute atomic E-state index is 5.23. The summed E-state index contributed by atoms with van der Waals surface area (Å²) < 4.78 is 4.87. The van der Waals surface area contributed by atoms with Gasteiger partial charge >= 0.3 is 0 Å². The van der Waals surface area contributed by atoms with Crippen LogP contribution in [0.15, 0.2) is 206 Å². The van der Waals surface area contributed by atoms with E-state index in [0.717, 1.165) is 50.8 Å². The van der Waals surface area contributed by atoms with Crippen molar-refractivity contribution in [2.45, 2.75) is 6.04 Å². The number of rotatable bonds is 3. The number of benzene rings is 7. The van der Waals surface area contributed by atoms with E-state index in [1.165, 1.54) is 49.8 Å². The molecule has 1 atom stereocenters. The Morgan fingerprint density at radius 3 is 1.86 bits per heavy atom. The standard InChI is InChI=1S/C53H35N4/c1-3-16-35(17-4-1)55-49-27-13-14-28-50(49)56(36-18-5-2-6-19-36)52-34-46-45(33-51(52)55)39-21-8-7-20-38(39)44-32-37(29-30-40(44)43-24-15-31-54-53(43)46)57-47-25-11-9-22-41(47)42-23-10-12-26-48(42)57/h1-34,50H/q+1. The van der Waals surface area contributed by atoms with Crippen molar-refractivity contribution in [2.24, 2.45) is 0 Å². The predicted octanol–water partition coefficient (Wildman–Crippen LogP) is 13.1. The Morgan fingerprint density at radius 2 is 1.11 bits per heavy atom. The third kappa shape index (κ3) is 4.74. The van der Waals surface area contributed by atoms with Gasteiger partial charge in [0.15, 0.2) is 0 Å². The fourth-order valence-electron chi connectivity index (χ4n) is 9.48. The van der Waals surface area contributed by atoms with Crippen LogP contribution < -0.4 is 9.48 Å². The van der Waals surface area contributed by atoms with Gasteiger partial charge in [-0.15, -0.1) is 0 Å². The first-order valence-electron chi connectivity index (χ1n) is 19.6. The van der Waals surface area contributed by atoms with Crippen LogP contribution in [0.2, 0.25) is 0 Å². The molecule has 12 rings (SSSR count). The molecule has 2 aliphatic carbocycles. The van der Waals surface area contributed by atoms with E-state index in [1.54, 1.807) is 0 Å². The lowest BCUT2D eigenvalue weighted by Gasteiger charge is -2.36. The first-order valence-corrected chi connectivity index (χ1v) is 19.6. The predicted molar refractivity (Wildman–Crippen MR) is 237 cm³/mol. The molecule has 0 bridgehead atoms. The lowest BCUT2D eigenvalue weighted by molar-refractivity contribution is 0.897. The molecule has 57 heavy (non-hydrogen) atoms. The van der Waals surface area contributed by atoms with Crippen molar-refractivity contribution < 1.29 is 0 Å². The van der Waals surface area contributed by atoms with Crippen molar-refractivity contribution in [1.82, 2.24) is 14.1 Å². The quantitative estimate of drug-likeness (QED) is 0.169. The smallest absolute Gasteiger partial charge is 0.236 e. The molecular formula is C53H35N4+. The zero-order chi connectivity index (χ0) is 37.5. The van der Waals surface area contributed by atoms with E-state index in [4.69, 9.17) is 4.98 Å². The molecule has 3 heterocycles. The molecule has 2 aromatic heterocycles. The number of pyridine rings is 1. The van der Waals surface area contributed by atoms with Crippen LogP contribution in [0.25, 0.3) is 72.1 Å². The van der Waals surface area contributed by atoms with Gasteiger partial charge in [0, 0.05) is 63.7 Å². The second-order valence-electron chi connectivity index (χ2n) is 14.9. The molecule has 0 saturated carbocycles. The number of anilines is 2. The molecule has 1 unspecified atom stereocenters. The van der Waals surface area contributed by atoms with E-state index in [2.05, 4.69) is 214 Å². The van der Waals surface area contributed by atoms with Crippen LogP contribution in [-0.4, -0.2) is 21.3 Å². The number of para-hydroxylation sites is 4. The highest BCUT2D eigenvalue weighted by Gasteiger charge is 2.41. The molecule has 0 amide bonds. The van der Waals surface area contributed by atoms with Crippen LogP contribution in [0.1, 0.15) is 0 Å². The molecule has 4 heteroatoms. The summed E-state index contributed by atoms with van der Waals surface area (Å²) in [6.45, 7) is 0. The molecular weight excluding hydrogens is 693 g/mol. The number of nitrogens with zero attached hydrogens (tertiary/aromatic N) is 4. The minimum Gasteiger partial charge on any atom is -0.319 e. The fraction of sp³-hybridized carbons (Fsp3) is 0.0189. The minimum atomic E-state index is -0.00723. The van der Waals surface area contributed by atoms with Crippen LogP contribution in [0.5, 0.6) is 0 Å². The van der Waals surface area contributed by atoms with Crippen molar-refractivity contribution in [1.29, 1.82) is 0 Å². The van der Waals surface area contributed by atoms with Crippen LogP contribution in [0.3, 0.4) is 0 Å². The Hall–Kier alpha value is -7.56. The maximum atomic E-state index is 5.23. The molecule has 7 aromatic carbocycles. The molecule has 1 aliphatic heterocycles. The Morgan fingerprint density at radius 1 is 0.474 bits per heavy atom. The fourth-order valence-corrected chi connectivity index (χ4v) is 9.48. The van der Waals surface area contributed by atoms with Gasteiger partial charge in [-0.25, -0.2) is 0 Å². The van der Waals surface area contributed by atoms with Gasteiger partial charge in [-0.2, -0.15) is 4.58 Å². The zero-order valence-electron chi connectivity index (χ0n) is 31.0. The summed E-state index contributed by atoms with van der Waals surface area (Å²) in [7, 11) is 0. The Kier molecular flexibility index (Phi) is 6.96. The Bertz CT molecular complexity index is 3130. The van der Waals surface area contributed by atoms with Crippen molar-refractivity contribution in [3.63, 3.8) is 0 Å². The third-order valence-electron chi connectivity index (χ3n) is 11.9. The summed E-state index contributed by atoms with van der Waals surface area (Å²) in [6.07, 6.45) is 10.8. The molecule has 0 fully saturated rings. The van der Waals surface area contributed by atoms with Crippen LogP contribution in [0.4, 0.5) is 22.7 Å². The van der Waals surface area contributed by atoms with Gasteiger partial charge in [0.1, 0.15) is 11.7 Å². The number of hydrogen-bond donors (Lipinski definition) is 0. The third-order valence-corrected chi connectivity index (χ3v) is 11.9. The van der Waals surface area contributed by atoms with E-state index in [1.807, 2.05) is 6.20 Å². The second kappa shape index (κ2) is 12.5. The van der Waals surface area contributed by atoms with E-state index in [-0.39, 0.29) is 6.04 Å². The van der Waals surface area contributed by atoms with Crippen molar-refractivity contribution in [2.75, 3.05) is 4.90 Å². The minimum absolute atomic E-state index is 0.00723. The summed E-state index contributed by atoms with van der Waals surface area (Å²) in [5, 5.41) is 2.51. The highest BCUT2D eigenvalue weighted by Crippen LogP contribution is 2.53. The lowest BCUT2D eigenvalue weighted by atomic mass is 9.81. The SMILES string of the molecule is C1=CC2=[N+](c3ccccc3)c3cc4c(cc3N(c3ccccc3)C2C=C1)-c1ncccc1-c1ccc(-n2c3ccccc3c3ccccc32)cc1-c1ccccc1-4. The molecule has 0 N–H and O–H groups in total. The van der Waals surface area contributed by atoms with E-state index >= 15 is 0 Å². The van der Waals surface area contributed by atoms with Crippen LogP contribution >= 0.6 is 0 Å². The zero-order valence-corrected chi connectivity index (χ0v) is 31.0. The Balaban J connectivity index is 1.17. The summed E-state index contributed by atoms with van der Waals surface area (Å²) in [5.41, 5.74) is 18.3. The van der Waals surface area contributed by atoms with Gasteiger partial charge in [0.05, 0.1) is 16.7 Å². The highest BCUT2D eigenvalue weighted by atomic mass is 15.2.